The first-order valence-corrected chi connectivity index (χ1v) is 20.9. The summed E-state index contributed by atoms with van der Waals surface area (Å²) in [6.45, 7) is 21.9. The van der Waals surface area contributed by atoms with Crippen LogP contribution in [0.15, 0.2) is 57.3 Å². The molecule has 0 radical (unpaired) electrons. The van der Waals surface area contributed by atoms with E-state index < -0.39 is 11.6 Å². The summed E-state index contributed by atoms with van der Waals surface area (Å²) in [6.07, 6.45) is 10.9. The number of benzene rings is 1. The Labute approximate surface area is 326 Å². The average molecular weight is 765 g/mol. The number of allylic oxidation sites excluding steroid dienone is 7. The first-order chi connectivity index (χ1) is 25.2. The van der Waals surface area contributed by atoms with Crippen molar-refractivity contribution >= 4 is 44.3 Å². The second-order valence-electron chi connectivity index (χ2n) is 16.4. The van der Waals surface area contributed by atoms with Crippen LogP contribution < -0.4 is 0 Å². The molecule has 5 nitrogen and oxygen atoms in total. The number of fused-ring (bicyclic) bond motifs is 2. The van der Waals surface area contributed by atoms with E-state index in [-0.39, 0.29) is 33.8 Å². The van der Waals surface area contributed by atoms with E-state index in [1.54, 1.807) is 12.1 Å². The van der Waals surface area contributed by atoms with Gasteiger partial charge in [-0.25, -0.2) is 13.8 Å². The number of hydrogen-bond donors (Lipinski definition) is 0. The van der Waals surface area contributed by atoms with E-state index in [4.69, 9.17) is 21.3 Å². The highest BCUT2D eigenvalue weighted by Gasteiger charge is 2.47. The quantitative estimate of drug-likeness (QED) is 0.180. The minimum atomic E-state index is -0.615. The van der Waals surface area contributed by atoms with Crippen molar-refractivity contribution in [2.24, 2.45) is 22.7 Å². The van der Waals surface area contributed by atoms with Crippen LogP contribution in [0.4, 0.5) is 8.78 Å². The number of nitriles is 1. The van der Waals surface area contributed by atoms with E-state index >= 15 is 8.78 Å². The minimum Gasteiger partial charge on any atom is -0.476 e. The zero-order valence-corrected chi connectivity index (χ0v) is 35.1. The van der Waals surface area contributed by atoms with Crippen LogP contribution in [-0.2, 0) is 4.74 Å². The van der Waals surface area contributed by atoms with Gasteiger partial charge in [-0.3, -0.25) is 4.90 Å². The van der Waals surface area contributed by atoms with Crippen molar-refractivity contribution in [2.45, 2.75) is 125 Å². The minimum absolute atomic E-state index is 0.0124. The molecule has 0 saturated carbocycles. The third kappa shape index (κ3) is 8.33. The Kier molecular flexibility index (Phi) is 13.4. The van der Waals surface area contributed by atoms with E-state index in [1.807, 2.05) is 33.8 Å². The lowest BCUT2D eigenvalue weighted by Crippen LogP contribution is -2.42. The predicted molar refractivity (Wildman–Crippen MR) is 219 cm³/mol. The molecule has 0 bridgehead atoms. The van der Waals surface area contributed by atoms with Crippen molar-refractivity contribution < 1.29 is 13.5 Å². The first-order valence-electron chi connectivity index (χ1n) is 19.7. The fourth-order valence-electron chi connectivity index (χ4n) is 8.68. The number of hydrogen-bond acceptors (Lipinski definition) is 6. The smallest absolute Gasteiger partial charge is 0.209 e. The molecule has 9 heteroatoms. The summed E-state index contributed by atoms with van der Waals surface area (Å²) in [5.74, 6) is 0.870. The lowest BCUT2D eigenvalue weighted by atomic mass is 9.88. The molecule has 1 aromatic heterocycles. The van der Waals surface area contributed by atoms with Gasteiger partial charge in [0.25, 0.3) is 0 Å². The number of thiophene rings is 1. The van der Waals surface area contributed by atoms with Crippen LogP contribution in [0.25, 0.3) is 15.7 Å². The maximum absolute atomic E-state index is 17.7. The van der Waals surface area contributed by atoms with Gasteiger partial charge in [-0.15, -0.1) is 11.3 Å². The van der Waals surface area contributed by atoms with Crippen molar-refractivity contribution in [3.05, 3.63) is 74.1 Å². The zero-order chi connectivity index (χ0) is 38.8. The van der Waals surface area contributed by atoms with Crippen LogP contribution >= 0.6 is 22.9 Å². The van der Waals surface area contributed by atoms with Crippen LogP contribution in [-0.4, -0.2) is 53.8 Å². The summed E-state index contributed by atoms with van der Waals surface area (Å²) in [5.41, 5.74) is 2.40. The molecule has 5 rings (SSSR count). The topological polar surface area (TPSA) is 51.9 Å². The van der Waals surface area contributed by atoms with Crippen LogP contribution in [0.5, 0.6) is 0 Å². The Morgan fingerprint density at radius 1 is 1.21 bits per heavy atom. The molecule has 0 amide bonds. The molecular formula is C44H59ClF2N4OS. The Bertz CT molecular complexity index is 1880. The van der Waals surface area contributed by atoms with Gasteiger partial charge in [-0.2, -0.15) is 5.26 Å². The summed E-state index contributed by atoms with van der Waals surface area (Å²) in [6, 6.07) is 5.41. The van der Waals surface area contributed by atoms with E-state index in [9.17, 15) is 5.26 Å². The molecule has 288 valence electrons. The van der Waals surface area contributed by atoms with Crippen molar-refractivity contribution in [3.8, 4) is 6.07 Å². The number of ether oxygens (including phenoxy) is 1. The molecule has 4 unspecified atom stereocenters. The molecule has 3 heterocycles. The molecule has 2 aliphatic heterocycles. The van der Waals surface area contributed by atoms with Gasteiger partial charge < -0.3 is 9.64 Å². The van der Waals surface area contributed by atoms with E-state index in [2.05, 4.69) is 57.5 Å². The second kappa shape index (κ2) is 17.2. The van der Waals surface area contributed by atoms with Crippen molar-refractivity contribution in [2.75, 3.05) is 26.7 Å². The fourth-order valence-corrected chi connectivity index (χ4v) is 10.2. The van der Waals surface area contributed by atoms with Crippen molar-refractivity contribution in [1.82, 2.24) is 9.80 Å². The number of halogens is 3. The summed E-state index contributed by atoms with van der Waals surface area (Å²) in [4.78, 5) is 10.6. The zero-order valence-electron chi connectivity index (χ0n) is 33.5. The van der Waals surface area contributed by atoms with Crippen LogP contribution in [0, 0.1) is 34.9 Å². The monoisotopic (exact) mass is 764 g/mol. The van der Waals surface area contributed by atoms with Crippen LogP contribution in [0.3, 0.4) is 0 Å². The Morgan fingerprint density at radius 2 is 1.94 bits per heavy atom. The lowest BCUT2D eigenvalue weighted by molar-refractivity contribution is 0.0717. The molecule has 0 N–H and O–H groups in total. The average Bonchev–Trinajstić information content (AvgIpc) is 3.79. The lowest BCUT2D eigenvalue weighted by Gasteiger charge is -2.36. The number of nitrogens with zero attached hydrogens (tertiary/aromatic N) is 4. The molecule has 0 spiro atoms. The third-order valence-corrected chi connectivity index (χ3v) is 13.6. The normalized spacial score (nSPS) is 24.0. The summed E-state index contributed by atoms with van der Waals surface area (Å²) >= 11 is 8.39. The second-order valence-corrected chi connectivity index (χ2v) is 17.8. The van der Waals surface area contributed by atoms with Crippen LogP contribution in [0.2, 0.25) is 0 Å². The summed E-state index contributed by atoms with van der Waals surface area (Å²) in [7, 11) is 2.08. The third-order valence-electron chi connectivity index (χ3n) is 11.8. The summed E-state index contributed by atoms with van der Waals surface area (Å²) in [5, 5.41) is 10.9. The molecule has 2 fully saturated rings. The Balaban J connectivity index is 1.69. The first kappa shape index (κ1) is 41.2. The highest BCUT2D eigenvalue weighted by Crippen LogP contribution is 2.47. The van der Waals surface area contributed by atoms with Gasteiger partial charge in [0.2, 0.25) is 5.88 Å². The Hall–Kier alpha value is -2.99. The standard InChI is InChI=1S/C44H59ClF2N4OS/c1-11-14-37(52-25-44-19-13-20-51(44)24-29(8)22-44)49-41-32(30(9)50(10)36(26(3)4)18-15-28(7)12-2)21-34(45)39(40(41)47)31-16-17-35(46)43-38(31)33(23-48)42(53-43)27(5)6/h14,16-17,21,26-29,36H,11-13,15,18-20,22,24-25H2,1-10H3/b32-30+,37-14-,49-41+. The van der Waals surface area contributed by atoms with Crippen molar-refractivity contribution in [1.29, 1.82) is 5.26 Å². The summed E-state index contributed by atoms with van der Waals surface area (Å²) < 4.78 is 40.0. The van der Waals surface area contributed by atoms with Gasteiger partial charge in [0, 0.05) is 46.7 Å². The van der Waals surface area contributed by atoms with E-state index in [0.717, 1.165) is 62.2 Å². The fraction of sp³-hybridized carbons (Fsp3) is 0.591. The molecule has 2 saturated heterocycles. The molecule has 53 heavy (non-hydrogen) atoms. The number of rotatable bonds is 14. The molecule has 2 aromatic rings. The van der Waals surface area contributed by atoms with Gasteiger partial charge >= 0.3 is 0 Å². The van der Waals surface area contributed by atoms with Gasteiger partial charge in [-0.05, 0) is 99.4 Å². The van der Waals surface area contributed by atoms with Crippen molar-refractivity contribution in [3.63, 3.8) is 0 Å². The number of aliphatic imine (C=N–C) groups is 1. The van der Waals surface area contributed by atoms with Gasteiger partial charge in [0.1, 0.15) is 24.2 Å². The van der Waals surface area contributed by atoms with Gasteiger partial charge in [0.05, 0.1) is 20.8 Å². The predicted octanol–water partition coefficient (Wildman–Crippen LogP) is 12.5. The van der Waals surface area contributed by atoms with Crippen LogP contribution in [0.1, 0.15) is 129 Å². The van der Waals surface area contributed by atoms with E-state index in [0.29, 0.717) is 63.5 Å². The highest BCUT2D eigenvalue weighted by molar-refractivity contribution is 7.19. The molecule has 3 aliphatic rings. The largest absolute Gasteiger partial charge is 0.476 e. The SMILES string of the molecule is CC/C=C(/N=C1/C(F)=C(c2ccc(F)c3sc(C(C)C)c(C#N)c23)C(Cl)=C/C1=C(/C)N(C)C(CCC(C)CC)C(C)C)OCC12CCCN1CC(C)C2. The molecule has 4 atom stereocenters. The van der Waals surface area contributed by atoms with Gasteiger partial charge in [0.15, 0.2) is 5.83 Å². The molecule has 1 aliphatic carbocycles. The molecule has 1 aromatic carbocycles. The van der Waals surface area contributed by atoms with E-state index in [1.165, 1.54) is 17.4 Å². The van der Waals surface area contributed by atoms with Gasteiger partial charge in [-0.1, -0.05) is 79.5 Å². The highest BCUT2D eigenvalue weighted by atomic mass is 35.5. The maximum Gasteiger partial charge on any atom is 0.209 e. The Morgan fingerprint density at radius 3 is 2.58 bits per heavy atom. The molecular weight excluding hydrogens is 706 g/mol. The maximum atomic E-state index is 17.7.